The van der Waals surface area contributed by atoms with E-state index in [1.807, 2.05) is 0 Å². The fraction of sp³-hybridized carbons (Fsp3) is 0.263. The number of carboxylic acids is 1. The maximum absolute atomic E-state index is 13.7. The molecule has 0 bridgehead atoms. The Hall–Kier alpha value is -2.93. The predicted octanol–water partition coefficient (Wildman–Crippen LogP) is 2.79. The van der Waals surface area contributed by atoms with E-state index in [-0.39, 0.29) is 26.1 Å². The van der Waals surface area contributed by atoms with Gasteiger partial charge in [-0.15, -0.1) is 6.58 Å². The number of ether oxygens (including phenoxy) is 1. The lowest BCUT2D eigenvalue weighted by molar-refractivity contribution is -0.143. The smallest absolute Gasteiger partial charge is 0.328 e. The Morgan fingerprint density at radius 3 is 2.77 bits per heavy atom. The van der Waals surface area contributed by atoms with Crippen molar-refractivity contribution < 1.29 is 28.2 Å². The van der Waals surface area contributed by atoms with E-state index in [2.05, 4.69) is 11.9 Å². The normalized spacial score (nSPS) is 11.7. The van der Waals surface area contributed by atoms with Gasteiger partial charge in [0.2, 0.25) is 5.91 Å². The number of hydrogen-bond donors (Lipinski definition) is 2. The van der Waals surface area contributed by atoms with Gasteiger partial charge in [0.25, 0.3) is 0 Å². The van der Waals surface area contributed by atoms with Gasteiger partial charge in [-0.1, -0.05) is 18.2 Å². The Morgan fingerprint density at radius 1 is 1.31 bits per heavy atom. The van der Waals surface area contributed by atoms with Crippen LogP contribution in [0.5, 0.6) is 0 Å². The molecular weight excluding hydrogens is 341 g/mol. The molecule has 2 aromatic rings. The number of amides is 1. The SMILES string of the molecule is C=CCOCC(NC(=O)CCc1ccc(-c2ccccc2F)o1)C(=O)O. The van der Waals surface area contributed by atoms with Gasteiger partial charge in [-0.2, -0.15) is 0 Å². The summed E-state index contributed by atoms with van der Waals surface area (Å²) in [5.41, 5.74) is 0.341. The summed E-state index contributed by atoms with van der Waals surface area (Å²) in [5, 5.41) is 11.5. The Labute approximate surface area is 150 Å². The molecule has 1 heterocycles. The van der Waals surface area contributed by atoms with Crippen molar-refractivity contribution in [1.29, 1.82) is 0 Å². The number of aryl methyl sites for hydroxylation is 1. The van der Waals surface area contributed by atoms with E-state index in [0.717, 1.165) is 0 Å². The Kier molecular flexibility index (Phi) is 7.11. The fourth-order valence-electron chi connectivity index (χ4n) is 2.27. The maximum atomic E-state index is 13.7. The van der Waals surface area contributed by atoms with Crippen molar-refractivity contribution in [1.82, 2.24) is 5.32 Å². The van der Waals surface area contributed by atoms with Crippen molar-refractivity contribution in [2.75, 3.05) is 13.2 Å². The molecule has 1 unspecified atom stereocenters. The van der Waals surface area contributed by atoms with Crippen LogP contribution in [-0.2, 0) is 20.7 Å². The first-order chi connectivity index (χ1) is 12.5. The lowest BCUT2D eigenvalue weighted by Gasteiger charge is -2.14. The Balaban J connectivity index is 1.88. The number of furan rings is 1. The zero-order chi connectivity index (χ0) is 18.9. The summed E-state index contributed by atoms with van der Waals surface area (Å²) in [4.78, 5) is 23.1. The van der Waals surface area contributed by atoms with Gasteiger partial charge in [0.15, 0.2) is 6.04 Å². The molecule has 1 amide bonds. The minimum absolute atomic E-state index is 0.0372. The van der Waals surface area contributed by atoms with Crippen LogP contribution >= 0.6 is 0 Å². The lowest BCUT2D eigenvalue weighted by atomic mass is 10.1. The number of rotatable bonds is 10. The first kappa shape index (κ1) is 19.4. The van der Waals surface area contributed by atoms with Gasteiger partial charge in [-0.3, -0.25) is 4.79 Å². The van der Waals surface area contributed by atoms with Crippen LogP contribution in [0.3, 0.4) is 0 Å². The molecule has 6 nitrogen and oxygen atoms in total. The Bertz CT molecular complexity index is 771. The largest absolute Gasteiger partial charge is 0.480 e. The molecular formula is C19H20FNO5. The molecule has 1 atom stereocenters. The fourth-order valence-corrected chi connectivity index (χ4v) is 2.27. The number of benzene rings is 1. The molecule has 1 aromatic heterocycles. The van der Waals surface area contributed by atoms with E-state index in [9.17, 15) is 14.0 Å². The standard InChI is InChI=1S/C19H20FNO5/c1-2-11-25-12-16(19(23)24)21-18(22)10-8-13-7-9-17(26-13)14-5-3-4-6-15(14)20/h2-7,9,16H,1,8,10-12H2,(H,21,22)(H,23,24). The quantitative estimate of drug-likeness (QED) is 0.502. The molecule has 26 heavy (non-hydrogen) atoms. The molecule has 0 saturated heterocycles. The van der Waals surface area contributed by atoms with E-state index < -0.39 is 23.7 Å². The highest BCUT2D eigenvalue weighted by atomic mass is 19.1. The van der Waals surface area contributed by atoms with Crippen LogP contribution in [0, 0.1) is 5.82 Å². The molecule has 0 spiro atoms. The molecule has 0 aliphatic heterocycles. The number of hydrogen-bond acceptors (Lipinski definition) is 4. The highest BCUT2D eigenvalue weighted by Crippen LogP contribution is 2.25. The van der Waals surface area contributed by atoms with Gasteiger partial charge >= 0.3 is 5.97 Å². The monoisotopic (exact) mass is 361 g/mol. The Morgan fingerprint density at radius 2 is 2.08 bits per heavy atom. The summed E-state index contributed by atoms with van der Waals surface area (Å²) in [6.45, 7) is 3.51. The van der Waals surface area contributed by atoms with Crippen LogP contribution in [0.2, 0.25) is 0 Å². The van der Waals surface area contributed by atoms with Gasteiger partial charge < -0.3 is 19.6 Å². The summed E-state index contributed by atoms with van der Waals surface area (Å²) in [5.74, 6) is -1.13. The van der Waals surface area contributed by atoms with E-state index in [1.165, 1.54) is 12.1 Å². The van der Waals surface area contributed by atoms with Crippen LogP contribution < -0.4 is 5.32 Å². The highest BCUT2D eigenvalue weighted by molar-refractivity contribution is 5.83. The number of carbonyl (C=O) groups is 2. The summed E-state index contributed by atoms with van der Waals surface area (Å²) in [6, 6.07) is 8.40. The van der Waals surface area contributed by atoms with E-state index in [0.29, 0.717) is 17.1 Å². The molecule has 1 aromatic carbocycles. The number of carboxylic acid groups (broad SMARTS) is 1. The number of aliphatic carboxylic acids is 1. The third-order valence-electron chi connectivity index (χ3n) is 3.55. The molecule has 0 aliphatic carbocycles. The average molecular weight is 361 g/mol. The van der Waals surface area contributed by atoms with Gasteiger partial charge in [-0.05, 0) is 24.3 Å². The van der Waals surface area contributed by atoms with Crippen LogP contribution in [-0.4, -0.2) is 36.2 Å². The van der Waals surface area contributed by atoms with Gasteiger partial charge in [-0.25, -0.2) is 9.18 Å². The van der Waals surface area contributed by atoms with E-state index in [4.69, 9.17) is 14.3 Å². The van der Waals surface area contributed by atoms with E-state index in [1.54, 1.807) is 30.3 Å². The van der Waals surface area contributed by atoms with Crippen molar-refractivity contribution in [3.05, 3.63) is 60.6 Å². The summed E-state index contributed by atoms with van der Waals surface area (Å²) >= 11 is 0. The molecule has 0 aliphatic rings. The lowest BCUT2D eigenvalue weighted by Crippen LogP contribution is -2.44. The first-order valence-corrected chi connectivity index (χ1v) is 8.05. The second-order valence-electron chi connectivity index (χ2n) is 5.53. The van der Waals surface area contributed by atoms with Crippen LogP contribution in [0.15, 0.2) is 53.5 Å². The van der Waals surface area contributed by atoms with Crippen LogP contribution in [0.25, 0.3) is 11.3 Å². The van der Waals surface area contributed by atoms with Crippen LogP contribution in [0.4, 0.5) is 4.39 Å². The van der Waals surface area contributed by atoms with Crippen molar-refractivity contribution in [3.8, 4) is 11.3 Å². The van der Waals surface area contributed by atoms with Gasteiger partial charge in [0, 0.05) is 12.8 Å². The van der Waals surface area contributed by atoms with Gasteiger partial charge in [0.1, 0.15) is 17.3 Å². The summed E-state index contributed by atoms with van der Waals surface area (Å²) in [6.07, 6.45) is 1.79. The van der Waals surface area contributed by atoms with Crippen LogP contribution in [0.1, 0.15) is 12.2 Å². The number of halogens is 1. The zero-order valence-corrected chi connectivity index (χ0v) is 14.1. The summed E-state index contributed by atoms with van der Waals surface area (Å²) in [7, 11) is 0. The molecule has 2 N–H and O–H groups in total. The highest BCUT2D eigenvalue weighted by Gasteiger charge is 2.20. The van der Waals surface area contributed by atoms with E-state index >= 15 is 0 Å². The van der Waals surface area contributed by atoms with Crippen molar-refractivity contribution >= 4 is 11.9 Å². The molecule has 7 heteroatoms. The van der Waals surface area contributed by atoms with Gasteiger partial charge in [0.05, 0.1) is 18.8 Å². The molecule has 0 radical (unpaired) electrons. The third kappa shape index (κ3) is 5.56. The molecule has 0 saturated carbocycles. The zero-order valence-electron chi connectivity index (χ0n) is 14.1. The second-order valence-corrected chi connectivity index (χ2v) is 5.53. The minimum Gasteiger partial charge on any atom is -0.480 e. The average Bonchev–Trinajstić information content (AvgIpc) is 3.08. The number of nitrogens with one attached hydrogen (secondary N) is 1. The molecule has 0 fully saturated rings. The van der Waals surface area contributed by atoms with Crippen molar-refractivity contribution in [3.63, 3.8) is 0 Å². The second kappa shape index (κ2) is 9.53. The summed E-state index contributed by atoms with van der Waals surface area (Å²) < 4.78 is 24.4. The third-order valence-corrected chi connectivity index (χ3v) is 3.55. The first-order valence-electron chi connectivity index (χ1n) is 8.05. The minimum atomic E-state index is -1.18. The maximum Gasteiger partial charge on any atom is 0.328 e. The predicted molar refractivity (Wildman–Crippen MR) is 93.0 cm³/mol. The number of carbonyl (C=O) groups excluding carboxylic acids is 1. The van der Waals surface area contributed by atoms with Crippen molar-refractivity contribution in [2.45, 2.75) is 18.9 Å². The topological polar surface area (TPSA) is 88.8 Å². The van der Waals surface area contributed by atoms with Crippen molar-refractivity contribution in [2.24, 2.45) is 0 Å². The molecule has 2 rings (SSSR count). The molecule has 138 valence electrons.